The lowest BCUT2D eigenvalue weighted by molar-refractivity contribution is 0.350. The molecule has 0 spiro atoms. The molecule has 0 amide bonds. The Balaban J connectivity index is 2.00. The van der Waals surface area contributed by atoms with E-state index in [1.807, 2.05) is 12.1 Å². The Hall–Kier alpha value is -1.02. The van der Waals surface area contributed by atoms with Crippen LogP contribution in [0, 0.1) is 5.41 Å². The maximum Gasteiger partial charge on any atom is 0.115 e. The number of rotatable bonds is 4. The van der Waals surface area contributed by atoms with Gasteiger partial charge in [-0.15, -0.1) is 0 Å². The molecule has 1 aromatic carbocycles. The molecule has 0 bridgehead atoms. The SMILES string of the molecule is CCC(NC1CCC(C)(C)C1)c1ccc(O)cc1. The van der Waals surface area contributed by atoms with Crippen molar-refractivity contribution in [2.24, 2.45) is 5.41 Å². The van der Waals surface area contributed by atoms with E-state index in [2.05, 4.69) is 26.1 Å². The summed E-state index contributed by atoms with van der Waals surface area (Å²) < 4.78 is 0. The monoisotopic (exact) mass is 247 g/mol. The number of hydrogen-bond donors (Lipinski definition) is 2. The predicted molar refractivity (Wildman–Crippen MR) is 75.7 cm³/mol. The van der Waals surface area contributed by atoms with Crippen LogP contribution in [0.3, 0.4) is 0 Å². The number of phenols is 1. The quantitative estimate of drug-likeness (QED) is 0.842. The minimum absolute atomic E-state index is 0.343. The van der Waals surface area contributed by atoms with Crippen LogP contribution in [0.5, 0.6) is 5.75 Å². The molecule has 0 aromatic heterocycles. The summed E-state index contributed by atoms with van der Waals surface area (Å²) in [6.07, 6.45) is 4.95. The van der Waals surface area contributed by atoms with E-state index < -0.39 is 0 Å². The Morgan fingerprint density at radius 3 is 2.50 bits per heavy atom. The van der Waals surface area contributed by atoms with Crippen molar-refractivity contribution in [1.29, 1.82) is 0 Å². The van der Waals surface area contributed by atoms with Crippen molar-refractivity contribution in [3.05, 3.63) is 29.8 Å². The van der Waals surface area contributed by atoms with Gasteiger partial charge in [0.05, 0.1) is 0 Å². The fraction of sp³-hybridized carbons (Fsp3) is 0.625. The normalized spacial score (nSPS) is 24.1. The lowest BCUT2D eigenvalue weighted by atomic mass is 9.91. The van der Waals surface area contributed by atoms with Crippen molar-refractivity contribution in [3.63, 3.8) is 0 Å². The Labute approximate surface area is 110 Å². The molecular formula is C16H25NO. The van der Waals surface area contributed by atoms with Gasteiger partial charge in [-0.25, -0.2) is 0 Å². The van der Waals surface area contributed by atoms with Crippen LogP contribution in [0.4, 0.5) is 0 Å². The lowest BCUT2D eigenvalue weighted by Crippen LogP contribution is -2.31. The third kappa shape index (κ3) is 3.26. The largest absolute Gasteiger partial charge is 0.508 e. The van der Waals surface area contributed by atoms with Crippen molar-refractivity contribution in [2.75, 3.05) is 0 Å². The summed E-state index contributed by atoms with van der Waals surface area (Å²) in [7, 11) is 0. The minimum Gasteiger partial charge on any atom is -0.508 e. The van der Waals surface area contributed by atoms with Gasteiger partial charge in [0.2, 0.25) is 0 Å². The highest BCUT2D eigenvalue weighted by Gasteiger charge is 2.31. The molecule has 0 saturated heterocycles. The maximum absolute atomic E-state index is 9.34. The molecule has 1 aromatic rings. The van der Waals surface area contributed by atoms with E-state index in [-0.39, 0.29) is 0 Å². The average Bonchev–Trinajstić information content (AvgIpc) is 2.67. The number of nitrogens with one attached hydrogen (secondary N) is 1. The fourth-order valence-corrected chi connectivity index (χ4v) is 3.02. The smallest absolute Gasteiger partial charge is 0.115 e. The summed E-state index contributed by atoms with van der Waals surface area (Å²) in [6, 6.07) is 8.65. The van der Waals surface area contributed by atoms with Gasteiger partial charge in [-0.1, -0.05) is 32.9 Å². The highest BCUT2D eigenvalue weighted by molar-refractivity contribution is 5.28. The van der Waals surface area contributed by atoms with E-state index in [0.717, 1.165) is 6.42 Å². The third-order valence-electron chi connectivity index (χ3n) is 4.11. The third-order valence-corrected chi connectivity index (χ3v) is 4.11. The van der Waals surface area contributed by atoms with Gasteiger partial charge in [0, 0.05) is 12.1 Å². The molecule has 0 aliphatic heterocycles. The van der Waals surface area contributed by atoms with Gasteiger partial charge in [-0.3, -0.25) is 0 Å². The molecule has 1 saturated carbocycles. The first-order chi connectivity index (χ1) is 8.50. The predicted octanol–water partition coefficient (Wildman–Crippen LogP) is 4.01. The van der Waals surface area contributed by atoms with Crippen LogP contribution in [-0.2, 0) is 0 Å². The molecule has 2 unspecified atom stereocenters. The summed E-state index contributed by atoms with van der Waals surface area (Å²) in [5, 5.41) is 13.1. The van der Waals surface area contributed by atoms with Gasteiger partial charge in [-0.05, 0) is 48.8 Å². The van der Waals surface area contributed by atoms with Crippen LogP contribution >= 0.6 is 0 Å². The van der Waals surface area contributed by atoms with Crippen molar-refractivity contribution >= 4 is 0 Å². The topological polar surface area (TPSA) is 32.3 Å². The molecule has 100 valence electrons. The molecule has 2 heteroatoms. The molecule has 2 atom stereocenters. The minimum atomic E-state index is 0.343. The van der Waals surface area contributed by atoms with E-state index >= 15 is 0 Å². The molecule has 1 fully saturated rings. The summed E-state index contributed by atoms with van der Waals surface area (Å²) in [5.41, 5.74) is 1.77. The molecule has 2 nitrogen and oxygen atoms in total. The summed E-state index contributed by atoms with van der Waals surface area (Å²) in [4.78, 5) is 0. The second-order valence-corrected chi connectivity index (χ2v) is 6.32. The Morgan fingerprint density at radius 2 is 2.00 bits per heavy atom. The zero-order valence-electron chi connectivity index (χ0n) is 11.7. The summed E-state index contributed by atoms with van der Waals surface area (Å²) >= 11 is 0. The highest BCUT2D eigenvalue weighted by atomic mass is 16.3. The van der Waals surface area contributed by atoms with E-state index in [9.17, 15) is 5.11 Å². The average molecular weight is 247 g/mol. The van der Waals surface area contributed by atoms with Gasteiger partial charge in [0.25, 0.3) is 0 Å². The second-order valence-electron chi connectivity index (χ2n) is 6.32. The Bertz CT molecular complexity index is 383. The maximum atomic E-state index is 9.34. The van der Waals surface area contributed by atoms with Crippen LogP contribution < -0.4 is 5.32 Å². The van der Waals surface area contributed by atoms with Gasteiger partial charge in [0.1, 0.15) is 5.75 Å². The van der Waals surface area contributed by atoms with E-state index in [1.54, 1.807) is 12.1 Å². The van der Waals surface area contributed by atoms with Crippen molar-refractivity contribution in [1.82, 2.24) is 5.32 Å². The number of hydrogen-bond acceptors (Lipinski definition) is 2. The Morgan fingerprint density at radius 1 is 1.33 bits per heavy atom. The van der Waals surface area contributed by atoms with Gasteiger partial charge >= 0.3 is 0 Å². The molecular weight excluding hydrogens is 222 g/mol. The van der Waals surface area contributed by atoms with Gasteiger partial charge in [-0.2, -0.15) is 0 Å². The van der Waals surface area contributed by atoms with Crippen LogP contribution in [0.25, 0.3) is 0 Å². The molecule has 1 aliphatic carbocycles. The molecule has 0 radical (unpaired) electrons. The van der Waals surface area contributed by atoms with Gasteiger partial charge < -0.3 is 10.4 Å². The van der Waals surface area contributed by atoms with Crippen LogP contribution in [0.2, 0.25) is 0 Å². The molecule has 1 aliphatic rings. The highest BCUT2D eigenvalue weighted by Crippen LogP contribution is 2.38. The first-order valence-electron chi connectivity index (χ1n) is 7.05. The summed E-state index contributed by atoms with van der Waals surface area (Å²) in [5.74, 6) is 0.343. The number of phenolic OH excluding ortho intramolecular Hbond substituents is 1. The molecule has 2 N–H and O–H groups in total. The standard InChI is InChI=1S/C16H25NO/c1-4-15(12-5-7-14(18)8-6-12)17-13-9-10-16(2,3)11-13/h5-8,13,15,17-18H,4,9-11H2,1-3H3. The number of aromatic hydroxyl groups is 1. The van der Waals surface area contributed by atoms with E-state index in [4.69, 9.17) is 0 Å². The lowest BCUT2D eigenvalue weighted by Gasteiger charge is -2.24. The Kier molecular flexibility index (Phi) is 3.96. The van der Waals surface area contributed by atoms with E-state index in [1.165, 1.54) is 24.8 Å². The van der Waals surface area contributed by atoms with Crippen molar-refractivity contribution < 1.29 is 5.11 Å². The van der Waals surface area contributed by atoms with Crippen LogP contribution in [0.15, 0.2) is 24.3 Å². The first-order valence-corrected chi connectivity index (χ1v) is 7.05. The van der Waals surface area contributed by atoms with Crippen LogP contribution in [0.1, 0.15) is 58.1 Å². The number of benzene rings is 1. The van der Waals surface area contributed by atoms with Crippen molar-refractivity contribution in [2.45, 2.75) is 58.5 Å². The first kappa shape index (κ1) is 13.4. The molecule has 18 heavy (non-hydrogen) atoms. The second kappa shape index (κ2) is 5.31. The van der Waals surface area contributed by atoms with Crippen LogP contribution in [-0.4, -0.2) is 11.1 Å². The van der Waals surface area contributed by atoms with E-state index in [0.29, 0.717) is 23.2 Å². The molecule has 2 rings (SSSR count). The van der Waals surface area contributed by atoms with Gasteiger partial charge in [0.15, 0.2) is 0 Å². The van der Waals surface area contributed by atoms with Crippen molar-refractivity contribution in [3.8, 4) is 5.75 Å². The zero-order chi connectivity index (χ0) is 13.2. The fourth-order valence-electron chi connectivity index (χ4n) is 3.02. The zero-order valence-corrected chi connectivity index (χ0v) is 11.7. The summed E-state index contributed by atoms with van der Waals surface area (Å²) in [6.45, 7) is 6.93. The molecule has 0 heterocycles.